The number of para-hydroxylation sites is 1. The van der Waals surface area contributed by atoms with Gasteiger partial charge >= 0.3 is 5.97 Å². The molecule has 0 aliphatic carbocycles. The van der Waals surface area contributed by atoms with Crippen LogP contribution >= 0.6 is 0 Å². The number of carbonyl (C=O) groups excluding carboxylic acids is 1. The third-order valence-corrected chi connectivity index (χ3v) is 1.87. The van der Waals surface area contributed by atoms with E-state index in [-0.39, 0.29) is 11.3 Å². The fraction of sp³-hybridized carbons (Fsp3) is 0.222. The van der Waals surface area contributed by atoms with E-state index in [1.165, 1.54) is 18.2 Å². The average molecular weight is 184 g/mol. The molecule has 0 atom stereocenters. The fourth-order valence-electron chi connectivity index (χ4n) is 1.29. The molecule has 1 aliphatic heterocycles. The van der Waals surface area contributed by atoms with Gasteiger partial charge in [-0.15, -0.1) is 0 Å². The van der Waals surface area contributed by atoms with Gasteiger partial charge in [0.1, 0.15) is 12.2 Å². The Kier molecular flexibility index (Phi) is 1.58. The highest BCUT2D eigenvalue weighted by Gasteiger charge is 2.42. The average Bonchev–Trinajstić information content (AvgIpc) is 2.02. The van der Waals surface area contributed by atoms with E-state index in [0.717, 1.165) is 0 Å². The Bertz CT molecular complexity index is 360. The first-order valence-corrected chi connectivity index (χ1v) is 3.77. The molecule has 0 spiro atoms. The van der Waals surface area contributed by atoms with E-state index in [1.807, 2.05) is 0 Å². The second-order valence-corrected chi connectivity index (χ2v) is 2.85. The Hall–Kier alpha value is -1.45. The Labute approximate surface area is 73.1 Å². The summed E-state index contributed by atoms with van der Waals surface area (Å²) >= 11 is 0. The van der Waals surface area contributed by atoms with Crippen molar-refractivity contribution in [3.05, 3.63) is 29.8 Å². The summed E-state index contributed by atoms with van der Waals surface area (Å²) in [5.74, 6) is -4.01. The molecule has 2 nitrogen and oxygen atoms in total. The van der Waals surface area contributed by atoms with Gasteiger partial charge in [-0.3, -0.25) is 4.79 Å². The van der Waals surface area contributed by atoms with Gasteiger partial charge in [0, 0.05) is 0 Å². The lowest BCUT2D eigenvalue weighted by molar-refractivity contribution is -0.146. The van der Waals surface area contributed by atoms with E-state index < -0.39 is 18.3 Å². The van der Waals surface area contributed by atoms with Crippen molar-refractivity contribution in [1.82, 2.24) is 0 Å². The van der Waals surface area contributed by atoms with Gasteiger partial charge in [-0.25, -0.2) is 8.78 Å². The van der Waals surface area contributed by atoms with Gasteiger partial charge in [0.15, 0.2) is 0 Å². The number of carbonyl (C=O) groups is 1. The molecular formula is C9H6F2O2. The first-order valence-electron chi connectivity index (χ1n) is 3.77. The fourth-order valence-corrected chi connectivity index (χ4v) is 1.29. The number of benzene rings is 1. The summed E-state index contributed by atoms with van der Waals surface area (Å²) in [5, 5.41) is 0. The molecule has 13 heavy (non-hydrogen) atoms. The Morgan fingerprint density at radius 2 is 2.00 bits per heavy atom. The van der Waals surface area contributed by atoms with Crippen molar-refractivity contribution >= 4 is 5.97 Å². The number of halogens is 2. The molecule has 1 aromatic rings. The lowest BCUT2D eigenvalue weighted by Crippen LogP contribution is -2.28. The summed E-state index contributed by atoms with van der Waals surface area (Å²) in [4.78, 5) is 10.7. The summed E-state index contributed by atoms with van der Waals surface area (Å²) < 4.78 is 30.9. The van der Waals surface area contributed by atoms with Gasteiger partial charge in [-0.05, 0) is 12.1 Å². The summed E-state index contributed by atoms with van der Waals surface area (Å²) in [5.41, 5.74) is -0.213. The van der Waals surface area contributed by atoms with Crippen LogP contribution in [0.3, 0.4) is 0 Å². The van der Waals surface area contributed by atoms with Crippen molar-refractivity contribution in [3.63, 3.8) is 0 Å². The molecule has 2 rings (SSSR count). The number of esters is 1. The standard InChI is InChI=1S/C9H6F2O2/c10-9(11)5-8(12)13-7-4-2-1-3-6(7)9/h1-4H,5H2. The van der Waals surface area contributed by atoms with E-state index in [4.69, 9.17) is 0 Å². The van der Waals surface area contributed by atoms with Crippen LogP contribution in [0.25, 0.3) is 0 Å². The number of rotatable bonds is 0. The summed E-state index contributed by atoms with van der Waals surface area (Å²) in [7, 11) is 0. The molecule has 0 saturated carbocycles. The van der Waals surface area contributed by atoms with Crippen molar-refractivity contribution in [2.45, 2.75) is 12.3 Å². The Balaban J connectivity index is 2.56. The second-order valence-electron chi connectivity index (χ2n) is 2.85. The number of hydrogen-bond donors (Lipinski definition) is 0. The van der Waals surface area contributed by atoms with Crippen molar-refractivity contribution in [2.24, 2.45) is 0 Å². The molecule has 0 fully saturated rings. The third-order valence-electron chi connectivity index (χ3n) is 1.87. The lowest BCUT2D eigenvalue weighted by Gasteiger charge is -2.23. The van der Waals surface area contributed by atoms with Gasteiger partial charge in [0.2, 0.25) is 0 Å². The highest BCUT2D eigenvalue weighted by Crippen LogP contribution is 2.41. The van der Waals surface area contributed by atoms with E-state index >= 15 is 0 Å². The summed E-state index contributed by atoms with van der Waals surface area (Å²) in [6.45, 7) is 0. The molecule has 0 aromatic heterocycles. The molecular weight excluding hydrogens is 178 g/mol. The van der Waals surface area contributed by atoms with E-state index in [1.54, 1.807) is 6.07 Å². The summed E-state index contributed by atoms with van der Waals surface area (Å²) in [6, 6.07) is 5.67. The van der Waals surface area contributed by atoms with E-state index in [0.29, 0.717) is 0 Å². The van der Waals surface area contributed by atoms with Crippen LogP contribution in [0.5, 0.6) is 5.75 Å². The van der Waals surface area contributed by atoms with Crippen LogP contribution in [-0.2, 0) is 10.7 Å². The molecule has 0 saturated heterocycles. The normalized spacial score (nSPS) is 19.1. The zero-order chi connectivity index (χ0) is 9.47. The molecule has 0 radical (unpaired) electrons. The molecule has 0 bridgehead atoms. The topological polar surface area (TPSA) is 26.3 Å². The molecule has 1 heterocycles. The van der Waals surface area contributed by atoms with Crippen LogP contribution in [0, 0.1) is 0 Å². The molecule has 1 aliphatic rings. The van der Waals surface area contributed by atoms with Gasteiger partial charge < -0.3 is 4.74 Å². The van der Waals surface area contributed by atoms with Gasteiger partial charge in [0.25, 0.3) is 5.92 Å². The van der Waals surface area contributed by atoms with Crippen LogP contribution in [0.1, 0.15) is 12.0 Å². The Morgan fingerprint density at radius 1 is 1.31 bits per heavy atom. The van der Waals surface area contributed by atoms with Crippen molar-refractivity contribution < 1.29 is 18.3 Å². The highest BCUT2D eigenvalue weighted by atomic mass is 19.3. The Morgan fingerprint density at radius 3 is 2.77 bits per heavy atom. The lowest BCUT2D eigenvalue weighted by atomic mass is 10.0. The monoisotopic (exact) mass is 184 g/mol. The predicted molar refractivity (Wildman–Crippen MR) is 40.6 cm³/mol. The third kappa shape index (κ3) is 1.28. The molecule has 0 unspecified atom stereocenters. The maximum atomic E-state index is 13.1. The minimum Gasteiger partial charge on any atom is -0.426 e. The number of fused-ring (bicyclic) bond motifs is 1. The zero-order valence-electron chi connectivity index (χ0n) is 6.59. The van der Waals surface area contributed by atoms with Crippen LogP contribution < -0.4 is 4.74 Å². The van der Waals surface area contributed by atoms with Crippen molar-refractivity contribution in [3.8, 4) is 5.75 Å². The minimum atomic E-state index is -3.09. The smallest absolute Gasteiger partial charge is 0.317 e. The number of alkyl halides is 2. The largest absolute Gasteiger partial charge is 0.426 e. The quantitative estimate of drug-likeness (QED) is 0.455. The molecule has 0 N–H and O–H groups in total. The van der Waals surface area contributed by atoms with Crippen molar-refractivity contribution in [2.75, 3.05) is 0 Å². The first kappa shape index (κ1) is 8.16. The highest BCUT2D eigenvalue weighted by molar-refractivity contribution is 5.76. The summed E-state index contributed by atoms with van der Waals surface area (Å²) in [6.07, 6.45) is -0.871. The maximum absolute atomic E-state index is 13.1. The van der Waals surface area contributed by atoms with E-state index in [9.17, 15) is 13.6 Å². The van der Waals surface area contributed by atoms with Gasteiger partial charge in [-0.1, -0.05) is 12.1 Å². The predicted octanol–water partition coefficient (Wildman–Crippen LogP) is 2.09. The van der Waals surface area contributed by atoms with Crippen LogP contribution in [-0.4, -0.2) is 5.97 Å². The maximum Gasteiger partial charge on any atom is 0.317 e. The number of hydrogen-bond acceptors (Lipinski definition) is 2. The van der Waals surface area contributed by atoms with Crippen LogP contribution in [0.4, 0.5) is 8.78 Å². The van der Waals surface area contributed by atoms with Crippen LogP contribution in [0.15, 0.2) is 24.3 Å². The number of ether oxygens (including phenoxy) is 1. The molecule has 4 heteroatoms. The van der Waals surface area contributed by atoms with E-state index in [2.05, 4.69) is 4.74 Å². The molecule has 1 aromatic carbocycles. The molecule has 68 valence electrons. The minimum absolute atomic E-state index is 0.0382. The van der Waals surface area contributed by atoms with Gasteiger partial charge in [0.05, 0.1) is 5.56 Å². The van der Waals surface area contributed by atoms with Gasteiger partial charge in [-0.2, -0.15) is 0 Å². The second kappa shape index (κ2) is 2.52. The van der Waals surface area contributed by atoms with Crippen LogP contribution in [0.2, 0.25) is 0 Å². The van der Waals surface area contributed by atoms with Crippen molar-refractivity contribution in [1.29, 1.82) is 0 Å². The first-order chi connectivity index (χ1) is 6.09. The zero-order valence-corrected chi connectivity index (χ0v) is 6.59. The molecule has 0 amide bonds. The SMILES string of the molecule is O=C1CC(F)(F)c2ccccc2O1.